The average Bonchev–Trinajstić information content (AvgIpc) is 2.46. The number of allylic oxidation sites excluding steroid dienone is 2. The van der Waals surface area contributed by atoms with E-state index in [2.05, 4.69) is 0 Å². The van der Waals surface area contributed by atoms with Crippen LogP contribution in [0.15, 0.2) is 48.6 Å². The zero-order valence-corrected chi connectivity index (χ0v) is 10.7. The van der Waals surface area contributed by atoms with Gasteiger partial charge in [0.2, 0.25) is 0 Å². The van der Waals surface area contributed by atoms with Crippen LogP contribution in [0.5, 0.6) is 0 Å². The van der Waals surface area contributed by atoms with Gasteiger partial charge >= 0.3 is 0 Å². The van der Waals surface area contributed by atoms with E-state index in [-0.39, 0.29) is 0 Å². The molecule has 4 N–H and O–H groups in total. The number of hydrogen-bond donors (Lipinski definition) is 2. The van der Waals surface area contributed by atoms with Crippen molar-refractivity contribution in [2.45, 2.75) is 0 Å². The van der Waals surface area contributed by atoms with Crippen LogP contribution in [0, 0.1) is 22.7 Å². The molecule has 4 nitrogen and oxygen atoms in total. The van der Waals surface area contributed by atoms with E-state index < -0.39 is 0 Å². The summed E-state index contributed by atoms with van der Waals surface area (Å²) in [6.45, 7) is 0. The Hall–Kier alpha value is -3.24. The van der Waals surface area contributed by atoms with E-state index in [1.807, 2.05) is 48.5 Å². The summed E-state index contributed by atoms with van der Waals surface area (Å²) < 4.78 is 0. The van der Waals surface area contributed by atoms with E-state index >= 15 is 0 Å². The zero-order chi connectivity index (χ0) is 14.5. The third-order valence-corrected chi connectivity index (χ3v) is 2.95. The quantitative estimate of drug-likeness (QED) is 0.810. The van der Waals surface area contributed by atoms with Crippen LogP contribution in [0.1, 0.15) is 11.1 Å². The lowest BCUT2D eigenvalue weighted by Gasteiger charge is -2.06. The van der Waals surface area contributed by atoms with Crippen LogP contribution >= 0.6 is 0 Å². The summed E-state index contributed by atoms with van der Waals surface area (Å²) in [4.78, 5) is 0. The van der Waals surface area contributed by atoms with E-state index in [0.717, 1.165) is 21.9 Å². The van der Waals surface area contributed by atoms with Crippen LogP contribution in [0.2, 0.25) is 0 Å². The van der Waals surface area contributed by atoms with Gasteiger partial charge in [-0.2, -0.15) is 10.5 Å². The summed E-state index contributed by atoms with van der Waals surface area (Å²) in [6.07, 6.45) is 2.62. The van der Waals surface area contributed by atoms with Gasteiger partial charge in [-0.1, -0.05) is 24.3 Å². The fourth-order valence-corrected chi connectivity index (χ4v) is 1.91. The molecule has 0 heterocycles. The van der Waals surface area contributed by atoms with Crippen molar-refractivity contribution in [2.24, 2.45) is 11.5 Å². The Balaban J connectivity index is 2.51. The van der Waals surface area contributed by atoms with E-state index in [4.69, 9.17) is 22.0 Å². The molecule has 0 unspecified atom stereocenters. The fourth-order valence-electron chi connectivity index (χ4n) is 1.91. The average molecular weight is 260 g/mol. The Kier molecular flexibility index (Phi) is 3.70. The third kappa shape index (κ3) is 2.60. The van der Waals surface area contributed by atoms with Gasteiger partial charge < -0.3 is 11.5 Å². The molecule has 0 atom stereocenters. The fraction of sp³-hybridized carbons (Fsp3) is 0. The van der Waals surface area contributed by atoms with Gasteiger partial charge in [0.15, 0.2) is 0 Å². The van der Waals surface area contributed by atoms with Gasteiger partial charge in [-0.3, -0.25) is 0 Å². The molecule has 0 spiro atoms. The molecule has 0 saturated heterocycles. The summed E-state index contributed by atoms with van der Waals surface area (Å²) in [5.41, 5.74) is 14.0. The van der Waals surface area contributed by atoms with Crippen molar-refractivity contribution in [3.63, 3.8) is 0 Å². The predicted molar refractivity (Wildman–Crippen MR) is 79.5 cm³/mol. The lowest BCUT2D eigenvalue weighted by Crippen LogP contribution is -1.97. The minimum atomic E-state index is 0.433. The van der Waals surface area contributed by atoms with Crippen molar-refractivity contribution in [2.75, 3.05) is 0 Å². The van der Waals surface area contributed by atoms with E-state index in [1.165, 1.54) is 12.2 Å². The summed E-state index contributed by atoms with van der Waals surface area (Å²) in [5.74, 6) is 0. The number of benzene rings is 2. The van der Waals surface area contributed by atoms with E-state index in [1.54, 1.807) is 0 Å². The molecule has 0 fully saturated rings. The minimum absolute atomic E-state index is 0.433. The second-order valence-corrected chi connectivity index (χ2v) is 4.23. The smallest absolute Gasteiger partial charge is 0.0933 e. The minimum Gasteiger partial charge on any atom is -0.398 e. The normalized spacial score (nSPS) is 11.9. The molecule has 0 saturated carbocycles. The maximum absolute atomic E-state index is 8.61. The van der Waals surface area contributed by atoms with Gasteiger partial charge in [-0.25, -0.2) is 0 Å². The summed E-state index contributed by atoms with van der Waals surface area (Å²) in [6, 6.07) is 15.1. The Morgan fingerprint density at radius 3 is 1.55 bits per heavy atom. The van der Waals surface area contributed by atoms with Crippen molar-refractivity contribution in [1.82, 2.24) is 0 Å². The van der Waals surface area contributed by atoms with Crippen LogP contribution in [0.4, 0.5) is 0 Å². The van der Waals surface area contributed by atoms with Crippen LogP contribution in [0.3, 0.4) is 0 Å². The lowest BCUT2D eigenvalue weighted by atomic mass is 10.0. The Bertz CT molecular complexity index is 732. The van der Waals surface area contributed by atoms with Crippen molar-refractivity contribution in [3.8, 4) is 12.1 Å². The molecular formula is C16H12N4. The summed E-state index contributed by atoms with van der Waals surface area (Å²) in [5, 5.41) is 19.2. The first-order chi connectivity index (χ1) is 9.65. The standard InChI is InChI=1S/C16H12N4/c17-7-5-15(19)13-3-1-11-9-14(16(20)6-8-18)4-2-12(11)10-13/h1-6,9-10H,19-20H2. The Labute approximate surface area is 116 Å². The van der Waals surface area contributed by atoms with Crippen LogP contribution < -0.4 is 11.5 Å². The van der Waals surface area contributed by atoms with Gasteiger partial charge in [0.05, 0.1) is 12.1 Å². The molecule has 2 aromatic carbocycles. The maximum atomic E-state index is 8.61. The van der Waals surface area contributed by atoms with Crippen LogP contribution in [-0.2, 0) is 0 Å². The molecule has 0 aliphatic heterocycles. The zero-order valence-electron chi connectivity index (χ0n) is 10.7. The Morgan fingerprint density at radius 1 is 0.800 bits per heavy atom. The van der Waals surface area contributed by atoms with E-state index in [0.29, 0.717) is 11.4 Å². The summed E-state index contributed by atoms with van der Waals surface area (Å²) in [7, 11) is 0. The van der Waals surface area contributed by atoms with Gasteiger partial charge in [-0.15, -0.1) is 0 Å². The first-order valence-electron chi connectivity index (χ1n) is 5.91. The number of nitrogens with zero attached hydrogens (tertiary/aromatic N) is 2. The number of fused-ring (bicyclic) bond motifs is 1. The second-order valence-electron chi connectivity index (χ2n) is 4.23. The molecule has 0 bridgehead atoms. The first kappa shape index (κ1) is 13.2. The highest BCUT2D eigenvalue weighted by atomic mass is 14.6. The van der Waals surface area contributed by atoms with Gasteiger partial charge in [0.25, 0.3) is 0 Å². The predicted octanol–water partition coefficient (Wildman–Crippen LogP) is 2.49. The molecule has 0 amide bonds. The molecule has 96 valence electrons. The highest BCUT2D eigenvalue weighted by Gasteiger charge is 2.02. The molecule has 0 radical (unpaired) electrons. The molecule has 2 aromatic rings. The van der Waals surface area contributed by atoms with Gasteiger partial charge in [0, 0.05) is 23.5 Å². The first-order valence-corrected chi connectivity index (χ1v) is 5.91. The van der Waals surface area contributed by atoms with Crippen LogP contribution in [0.25, 0.3) is 22.2 Å². The molecular weight excluding hydrogens is 248 g/mol. The SMILES string of the molecule is N#CC=C(N)c1ccc2cc(C(N)=CC#N)ccc2c1. The third-order valence-electron chi connectivity index (χ3n) is 2.95. The van der Waals surface area contributed by atoms with Gasteiger partial charge in [-0.05, 0) is 34.0 Å². The lowest BCUT2D eigenvalue weighted by molar-refractivity contribution is 1.49. The molecule has 2 rings (SSSR count). The molecule has 20 heavy (non-hydrogen) atoms. The van der Waals surface area contributed by atoms with Crippen molar-refractivity contribution < 1.29 is 0 Å². The number of rotatable bonds is 2. The number of nitriles is 2. The molecule has 0 aromatic heterocycles. The largest absolute Gasteiger partial charge is 0.398 e. The summed E-state index contributed by atoms with van der Waals surface area (Å²) >= 11 is 0. The van der Waals surface area contributed by atoms with Crippen molar-refractivity contribution in [1.29, 1.82) is 10.5 Å². The van der Waals surface area contributed by atoms with Crippen molar-refractivity contribution >= 4 is 22.2 Å². The topological polar surface area (TPSA) is 99.6 Å². The monoisotopic (exact) mass is 260 g/mol. The number of hydrogen-bond acceptors (Lipinski definition) is 4. The number of nitrogens with two attached hydrogens (primary N) is 2. The van der Waals surface area contributed by atoms with Crippen LogP contribution in [-0.4, -0.2) is 0 Å². The molecule has 4 heteroatoms. The molecule has 0 aliphatic rings. The Morgan fingerprint density at radius 2 is 1.20 bits per heavy atom. The highest BCUT2D eigenvalue weighted by Crippen LogP contribution is 2.22. The molecule has 0 aliphatic carbocycles. The maximum Gasteiger partial charge on any atom is 0.0933 e. The van der Waals surface area contributed by atoms with Gasteiger partial charge in [0.1, 0.15) is 0 Å². The van der Waals surface area contributed by atoms with E-state index in [9.17, 15) is 0 Å². The highest BCUT2D eigenvalue weighted by molar-refractivity contribution is 5.89. The van der Waals surface area contributed by atoms with Crippen molar-refractivity contribution in [3.05, 3.63) is 59.7 Å². The second kappa shape index (κ2) is 5.60.